The number of hydrogen-bond donors (Lipinski definition) is 2. The van der Waals surface area contributed by atoms with Gasteiger partial charge in [-0.1, -0.05) is 0 Å². The number of likely N-dealkylation sites (tertiary alicyclic amines) is 1. The fraction of sp³-hybridized carbons (Fsp3) is 0.933. The molecule has 0 unspecified atom stereocenters. The van der Waals surface area contributed by atoms with Crippen LogP contribution in [0.15, 0.2) is 0 Å². The van der Waals surface area contributed by atoms with Gasteiger partial charge in [-0.2, -0.15) is 0 Å². The van der Waals surface area contributed by atoms with Crippen LogP contribution in [-0.2, 0) is 9.53 Å². The van der Waals surface area contributed by atoms with E-state index in [1.54, 1.807) is 6.92 Å². The molecule has 0 aliphatic carbocycles. The molecule has 2 rings (SSSR count). The number of nitrogens with zero attached hydrogens (tertiary/aromatic N) is 1. The summed E-state index contributed by atoms with van der Waals surface area (Å²) in [5.41, 5.74) is -1.33. The van der Waals surface area contributed by atoms with Crippen LogP contribution in [0.2, 0.25) is 0 Å². The largest absolute Gasteiger partial charge is 0.390 e. The Hall–Kier alpha value is 0.770. The summed E-state index contributed by atoms with van der Waals surface area (Å²) in [6, 6.07) is 0. The molecular weight excluding hydrogens is 298 g/mol. The summed E-state index contributed by atoms with van der Waals surface area (Å²) in [5, 5.41) is 20.9. The molecule has 0 aromatic carbocycles. The molecular formula is C15H27ArNO4. The molecule has 0 spiro atoms. The Balaban J connectivity index is 0.00000220. The van der Waals surface area contributed by atoms with Gasteiger partial charge in [0.15, 0.2) is 0 Å². The van der Waals surface area contributed by atoms with Crippen LogP contribution in [-0.4, -0.2) is 64.9 Å². The first-order chi connectivity index (χ1) is 9.41. The topological polar surface area (TPSA) is 70.0 Å². The molecule has 2 saturated heterocycles. The van der Waals surface area contributed by atoms with E-state index in [1.165, 1.54) is 0 Å². The number of piperidine rings is 1. The van der Waals surface area contributed by atoms with Crippen molar-refractivity contribution in [2.45, 2.75) is 56.7 Å². The van der Waals surface area contributed by atoms with Crippen LogP contribution < -0.4 is 0 Å². The van der Waals surface area contributed by atoms with Gasteiger partial charge in [0.25, 0.3) is 0 Å². The summed E-state index contributed by atoms with van der Waals surface area (Å²) in [6.07, 6.45) is 3.78. The van der Waals surface area contributed by atoms with E-state index >= 15 is 0 Å². The van der Waals surface area contributed by atoms with Crippen molar-refractivity contribution in [3.63, 3.8) is 0 Å². The first-order valence-corrected chi connectivity index (χ1v) is 7.65. The molecule has 2 N–H and O–H groups in total. The summed E-state index contributed by atoms with van der Waals surface area (Å²) in [4.78, 5) is 13.3. The van der Waals surface area contributed by atoms with Crippen LogP contribution in [0.1, 0.15) is 45.4 Å². The van der Waals surface area contributed by atoms with Crippen molar-refractivity contribution in [2.24, 2.45) is 0 Å². The van der Waals surface area contributed by atoms with Crippen LogP contribution in [0.25, 0.3) is 0 Å². The minimum atomic E-state index is -0.694. The fourth-order valence-corrected chi connectivity index (χ4v) is 3.11. The van der Waals surface area contributed by atoms with Gasteiger partial charge >= 0.3 is 0 Å². The number of rotatable bonds is 5. The maximum atomic E-state index is 11.0. The number of ketones is 1. The number of hydrogen-bond acceptors (Lipinski definition) is 5. The van der Waals surface area contributed by atoms with Crippen LogP contribution in [0.3, 0.4) is 0 Å². The second-order valence-corrected chi connectivity index (χ2v) is 6.54. The van der Waals surface area contributed by atoms with Crippen molar-refractivity contribution in [3.05, 3.63) is 0 Å². The molecule has 0 aromatic heterocycles. The molecule has 2 aliphatic heterocycles. The van der Waals surface area contributed by atoms with Gasteiger partial charge in [0.1, 0.15) is 5.78 Å². The maximum absolute atomic E-state index is 11.0. The van der Waals surface area contributed by atoms with Crippen molar-refractivity contribution in [1.82, 2.24) is 4.90 Å². The van der Waals surface area contributed by atoms with Crippen LogP contribution in [0.5, 0.6) is 0 Å². The monoisotopic (exact) mass is 325 g/mol. The van der Waals surface area contributed by atoms with E-state index in [0.29, 0.717) is 58.3 Å². The number of β-amino-alcohol motifs (C(OH)–C–C–N with tert-alkyl or cyclic N) is 1. The Morgan fingerprint density at radius 1 is 1.10 bits per heavy atom. The second kappa shape index (κ2) is 8.57. The van der Waals surface area contributed by atoms with E-state index in [4.69, 9.17) is 4.74 Å². The normalized spacial score (nSPS) is 25.1. The Bertz CT molecular complexity index is 337. The minimum absolute atomic E-state index is 0. The van der Waals surface area contributed by atoms with Gasteiger partial charge < -0.3 is 24.6 Å². The molecule has 0 aromatic rings. The van der Waals surface area contributed by atoms with E-state index in [9.17, 15) is 15.0 Å². The summed E-state index contributed by atoms with van der Waals surface area (Å²) in [5.74, 6) is 0.136. The van der Waals surface area contributed by atoms with Gasteiger partial charge in [-0.25, -0.2) is 0 Å². The molecule has 0 bridgehead atoms. The summed E-state index contributed by atoms with van der Waals surface area (Å²) in [6.45, 7) is 5.08. The SMILES string of the molecule is CC(=O)CCC1(O)CCN(CC2(O)CCOCC2)CC1.[Ar]. The molecule has 2 heterocycles. The third-order valence-electron chi connectivity index (χ3n) is 4.67. The average molecular weight is 325 g/mol. The van der Waals surface area contributed by atoms with Gasteiger partial charge in [-0.15, -0.1) is 0 Å². The predicted octanol–water partition coefficient (Wildman–Crippen LogP) is 0.724. The zero-order chi connectivity index (χ0) is 14.6. The number of aliphatic hydroxyl groups is 2. The quantitative estimate of drug-likeness (QED) is 0.780. The molecule has 0 radical (unpaired) electrons. The average Bonchev–Trinajstić information content (AvgIpc) is 2.40. The Morgan fingerprint density at radius 3 is 2.19 bits per heavy atom. The molecule has 0 saturated carbocycles. The van der Waals surface area contributed by atoms with Crippen LogP contribution in [0.4, 0.5) is 0 Å². The molecule has 5 nitrogen and oxygen atoms in total. The summed E-state index contributed by atoms with van der Waals surface area (Å²) < 4.78 is 5.29. The van der Waals surface area contributed by atoms with Gasteiger partial charge in [0.05, 0.1) is 11.2 Å². The zero-order valence-electron chi connectivity index (χ0n) is 12.8. The zero-order valence-corrected chi connectivity index (χ0v) is 13.5. The van der Waals surface area contributed by atoms with Crippen LogP contribution in [0, 0.1) is 37.7 Å². The van der Waals surface area contributed by atoms with E-state index in [2.05, 4.69) is 4.90 Å². The molecule has 0 amide bonds. The Kier molecular flexibility index (Phi) is 8.09. The van der Waals surface area contributed by atoms with Crippen molar-refractivity contribution in [2.75, 3.05) is 32.8 Å². The van der Waals surface area contributed by atoms with Crippen LogP contribution >= 0.6 is 0 Å². The number of Topliss-reactive ketones (excluding diaryl/α,β-unsaturated/α-hetero) is 1. The Morgan fingerprint density at radius 2 is 1.67 bits per heavy atom. The third kappa shape index (κ3) is 6.42. The predicted molar refractivity (Wildman–Crippen MR) is 75.5 cm³/mol. The molecule has 0 atom stereocenters. The van der Waals surface area contributed by atoms with Gasteiger partial charge in [0, 0.05) is 89.8 Å². The molecule has 2 aliphatic rings. The smallest absolute Gasteiger partial charge is 0.129 e. The first-order valence-electron chi connectivity index (χ1n) is 7.65. The fourth-order valence-electron chi connectivity index (χ4n) is 3.11. The van der Waals surface area contributed by atoms with E-state index < -0.39 is 11.2 Å². The first kappa shape index (κ1) is 19.8. The van der Waals surface area contributed by atoms with Gasteiger partial charge in [-0.3, -0.25) is 0 Å². The third-order valence-corrected chi connectivity index (χ3v) is 4.67. The number of ether oxygens (including phenoxy) is 1. The van der Waals surface area contributed by atoms with E-state index in [1.807, 2.05) is 0 Å². The summed E-state index contributed by atoms with van der Waals surface area (Å²) >= 11 is 0. The molecule has 21 heavy (non-hydrogen) atoms. The molecule has 2 fully saturated rings. The van der Waals surface area contributed by atoms with Crippen molar-refractivity contribution in [3.8, 4) is 0 Å². The molecule has 6 heteroatoms. The molecule has 124 valence electrons. The standard InChI is InChI=1S/C15H27NO4.Ar/c1-13(17)2-3-14(18)4-8-16(9-5-14)12-15(19)6-10-20-11-7-15;/h18-19H,2-12H2,1H3;. The number of carbonyl (C=O) groups is 1. The summed E-state index contributed by atoms with van der Waals surface area (Å²) in [7, 11) is 0. The Labute approximate surface area is 157 Å². The minimum Gasteiger partial charge on any atom is -0.390 e. The van der Waals surface area contributed by atoms with Crippen molar-refractivity contribution >= 4 is 5.78 Å². The maximum Gasteiger partial charge on any atom is 0.129 e. The van der Waals surface area contributed by atoms with E-state index in [0.717, 1.165) is 13.1 Å². The van der Waals surface area contributed by atoms with Crippen molar-refractivity contribution in [1.29, 1.82) is 0 Å². The number of carbonyl (C=O) groups excluding carboxylic acids is 1. The van der Waals surface area contributed by atoms with Crippen molar-refractivity contribution < 1.29 is 57.5 Å². The van der Waals surface area contributed by atoms with Gasteiger partial charge in [-0.05, 0) is 26.2 Å². The van der Waals surface area contributed by atoms with Gasteiger partial charge in [0.2, 0.25) is 0 Å². The second-order valence-electron chi connectivity index (χ2n) is 6.54. The van der Waals surface area contributed by atoms with E-state index in [-0.39, 0.29) is 43.5 Å².